The lowest BCUT2D eigenvalue weighted by molar-refractivity contribution is -0.217. The highest BCUT2D eigenvalue weighted by molar-refractivity contribution is 5.81. The molecule has 2 aromatic rings. The summed E-state index contributed by atoms with van der Waals surface area (Å²) in [5.74, 6) is -1.63. The summed E-state index contributed by atoms with van der Waals surface area (Å²) in [6, 6.07) is 0. The van der Waals surface area contributed by atoms with E-state index in [0.717, 1.165) is 19.3 Å². The number of aliphatic hydroxyl groups is 3. The molecule has 1 saturated heterocycles. The van der Waals surface area contributed by atoms with Gasteiger partial charge in [0.2, 0.25) is 0 Å². The third-order valence-corrected chi connectivity index (χ3v) is 5.27. The van der Waals surface area contributed by atoms with Crippen molar-refractivity contribution in [1.29, 1.82) is 0 Å². The Balaban J connectivity index is 2.13. The van der Waals surface area contributed by atoms with E-state index in [4.69, 9.17) is 10.5 Å². The summed E-state index contributed by atoms with van der Waals surface area (Å²) < 4.78 is 7.35. The smallest absolute Gasteiger partial charge is 0.273 e. The fraction of sp³-hybridized carbons (Fsp3) is 0.647. The van der Waals surface area contributed by atoms with Crippen molar-refractivity contribution >= 4 is 23.7 Å². The Morgan fingerprint density at radius 2 is 2.14 bits per heavy atom. The van der Waals surface area contributed by atoms with Crippen molar-refractivity contribution in [3.8, 4) is 0 Å². The van der Waals surface area contributed by atoms with Gasteiger partial charge < -0.3 is 25.8 Å². The Bertz CT molecular complexity index is 831. The number of rotatable bonds is 9. The number of unbranched alkanes of at least 4 members (excludes halogenated alkanes) is 3. The predicted molar refractivity (Wildman–Crippen MR) is 102 cm³/mol. The van der Waals surface area contributed by atoms with E-state index < -0.39 is 30.3 Å². The summed E-state index contributed by atoms with van der Waals surface area (Å²) in [6.07, 6.45) is 3.91. The van der Waals surface area contributed by atoms with Crippen LogP contribution < -0.4 is 11.2 Å². The number of imidazole rings is 1. The summed E-state index contributed by atoms with van der Waals surface area (Å²) in [7, 11) is 0. The van der Waals surface area contributed by atoms with Gasteiger partial charge in [-0.1, -0.05) is 32.6 Å². The summed E-state index contributed by atoms with van der Waals surface area (Å²) in [6.45, 7) is 5.03. The lowest BCUT2D eigenvalue weighted by Crippen LogP contribution is -2.63. The molecule has 3 heterocycles. The standard InChI is InChI=1S/C17H27N7O4/c1-3-4-5-6-7-16(27)13(26)11(8-25)28-17(16,23-19-2)24-10-22-12-14(18)20-9-21-15(12)24/h9-11,13,23,25-27H,2-8H2,1H3,(H2,18,20,21)/t11-,13-,16-,17+/m1/s1. The van der Waals surface area contributed by atoms with E-state index in [1.165, 1.54) is 17.2 Å². The zero-order chi connectivity index (χ0) is 20.4. The molecule has 0 unspecified atom stereocenters. The SMILES string of the molecule is C=NN[C@@]1(n2cnc3c(N)ncnc32)O[C@H](CO)[C@@H](O)[C@]1(O)CCCCCC. The Hall–Kier alpha value is -2.34. The van der Waals surface area contributed by atoms with Gasteiger partial charge in [-0.3, -0.25) is 9.99 Å². The van der Waals surface area contributed by atoms with Gasteiger partial charge in [0.1, 0.15) is 30.4 Å². The second-order valence-corrected chi connectivity index (χ2v) is 6.98. The molecule has 0 aromatic carbocycles. The van der Waals surface area contributed by atoms with Crippen LogP contribution >= 0.6 is 0 Å². The van der Waals surface area contributed by atoms with Gasteiger partial charge in [-0.15, -0.1) is 0 Å². The molecule has 4 atom stereocenters. The molecular formula is C17H27N7O4. The molecule has 0 spiro atoms. The van der Waals surface area contributed by atoms with E-state index in [-0.39, 0.29) is 17.9 Å². The zero-order valence-corrected chi connectivity index (χ0v) is 15.8. The first-order chi connectivity index (χ1) is 13.4. The topological polar surface area (TPSA) is 164 Å². The molecular weight excluding hydrogens is 366 g/mol. The largest absolute Gasteiger partial charge is 0.394 e. The number of fused-ring (bicyclic) bond motifs is 1. The van der Waals surface area contributed by atoms with Crippen LogP contribution in [0.2, 0.25) is 0 Å². The van der Waals surface area contributed by atoms with Gasteiger partial charge in [-0.2, -0.15) is 5.10 Å². The molecule has 154 valence electrons. The van der Waals surface area contributed by atoms with Crippen LogP contribution in [0.15, 0.2) is 17.8 Å². The van der Waals surface area contributed by atoms with Gasteiger partial charge in [0.25, 0.3) is 5.85 Å². The highest BCUT2D eigenvalue weighted by Crippen LogP contribution is 2.46. The maximum atomic E-state index is 11.6. The van der Waals surface area contributed by atoms with Crippen LogP contribution in [0.25, 0.3) is 11.2 Å². The van der Waals surface area contributed by atoms with Crippen LogP contribution in [0, 0.1) is 0 Å². The van der Waals surface area contributed by atoms with Gasteiger partial charge in [0, 0.05) is 6.72 Å². The molecule has 0 bridgehead atoms. The van der Waals surface area contributed by atoms with Crippen LogP contribution in [0.5, 0.6) is 0 Å². The van der Waals surface area contributed by atoms with E-state index in [2.05, 4.69) is 39.1 Å². The molecule has 1 aliphatic rings. The highest BCUT2D eigenvalue weighted by Gasteiger charge is 2.67. The first-order valence-corrected chi connectivity index (χ1v) is 9.31. The minimum absolute atomic E-state index is 0.161. The molecule has 6 N–H and O–H groups in total. The Labute approximate surface area is 162 Å². The van der Waals surface area contributed by atoms with Gasteiger partial charge in [0.05, 0.1) is 6.61 Å². The fourth-order valence-electron chi connectivity index (χ4n) is 3.80. The van der Waals surface area contributed by atoms with Crippen LogP contribution in [-0.4, -0.2) is 66.0 Å². The second kappa shape index (κ2) is 7.95. The lowest BCUT2D eigenvalue weighted by atomic mass is 9.85. The lowest BCUT2D eigenvalue weighted by Gasteiger charge is -2.41. The molecule has 1 aliphatic heterocycles. The van der Waals surface area contributed by atoms with Gasteiger partial charge in [0.15, 0.2) is 17.1 Å². The number of ether oxygens (including phenoxy) is 1. The van der Waals surface area contributed by atoms with Crippen molar-refractivity contribution in [2.45, 2.75) is 62.7 Å². The van der Waals surface area contributed by atoms with Crippen molar-refractivity contribution in [2.24, 2.45) is 5.10 Å². The maximum absolute atomic E-state index is 11.6. The van der Waals surface area contributed by atoms with Crippen LogP contribution in [0.3, 0.4) is 0 Å². The number of aliphatic hydroxyl groups excluding tert-OH is 2. The number of nitrogens with two attached hydrogens (primary N) is 1. The number of hydrogen-bond donors (Lipinski definition) is 5. The van der Waals surface area contributed by atoms with Crippen molar-refractivity contribution in [2.75, 3.05) is 12.3 Å². The molecule has 0 saturated carbocycles. The van der Waals surface area contributed by atoms with Crippen molar-refractivity contribution in [3.05, 3.63) is 12.7 Å². The molecule has 28 heavy (non-hydrogen) atoms. The van der Waals surface area contributed by atoms with E-state index in [1.807, 2.05) is 0 Å². The Morgan fingerprint density at radius 1 is 1.36 bits per heavy atom. The fourth-order valence-corrected chi connectivity index (χ4v) is 3.80. The first-order valence-electron chi connectivity index (χ1n) is 9.31. The molecule has 11 nitrogen and oxygen atoms in total. The van der Waals surface area contributed by atoms with E-state index in [9.17, 15) is 15.3 Å². The molecule has 3 rings (SSSR count). The second-order valence-electron chi connectivity index (χ2n) is 6.98. The minimum Gasteiger partial charge on any atom is -0.394 e. The maximum Gasteiger partial charge on any atom is 0.273 e. The van der Waals surface area contributed by atoms with Gasteiger partial charge in [-0.05, 0) is 6.42 Å². The summed E-state index contributed by atoms with van der Waals surface area (Å²) in [5, 5.41) is 35.9. The third kappa shape index (κ3) is 3.00. The number of hydrazone groups is 1. The quantitative estimate of drug-likeness (QED) is 0.218. The average molecular weight is 393 g/mol. The number of nitrogens with zero attached hydrogens (tertiary/aromatic N) is 5. The summed E-state index contributed by atoms with van der Waals surface area (Å²) in [5.41, 5.74) is 7.31. The minimum atomic E-state index is -1.84. The van der Waals surface area contributed by atoms with Gasteiger partial charge >= 0.3 is 0 Å². The van der Waals surface area contributed by atoms with Crippen LogP contribution in [0.1, 0.15) is 39.0 Å². The number of nitrogen functional groups attached to an aromatic ring is 1. The highest BCUT2D eigenvalue weighted by atomic mass is 16.6. The number of hydrogen-bond acceptors (Lipinski definition) is 10. The van der Waals surface area contributed by atoms with E-state index >= 15 is 0 Å². The first kappa shape index (κ1) is 20.4. The van der Waals surface area contributed by atoms with Gasteiger partial charge in [-0.25, -0.2) is 15.0 Å². The van der Waals surface area contributed by atoms with Crippen molar-refractivity contribution < 1.29 is 20.1 Å². The van der Waals surface area contributed by atoms with Crippen LogP contribution in [-0.2, 0) is 10.6 Å². The number of anilines is 1. The predicted octanol–water partition coefficient (Wildman–Crippen LogP) is -0.322. The molecule has 1 fully saturated rings. The summed E-state index contributed by atoms with van der Waals surface area (Å²) >= 11 is 0. The van der Waals surface area contributed by atoms with E-state index in [1.54, 1.807) is 0 Å². The normalized spacial score (nSPS) is 30.0. The molecule has 0 amide bonds. The Kier molecular flexibility index (Phi) is 5.79. The summed E-state index contributed by atoms with van der Waals surface area (Å²) in [4.78, 5) is 12.3. The average Bonchev–Trinajstić information content (AvgIpc) is 3.21. The molecule has 2 aromatic heterocycles. The van der Waals surface area contributed by atoms with Crippen LogP contribution in [0.4, 0.5) is 5.82 Å². The van der Waals surface area contributed by atoms with Crippen molar-refractivity contribution in [1.82, 2.24) is 24.9 Å². The number of nitrogens with one attached hydrogen (secondary N) is 1. The van der Waals surface area contributed by atoms with Crippen molar-refractivity contribution in [3.63, 3.8) is 0 Å². The third-order valence-electron chi connectivity index (χ3n) is 5.27. The van der Waals surface area contributed by atoms with E-state index in [0.29, 0.717) is 11.9 Å². The molecule has 0 radical (unpaired) electrons. The monoisotopic (exact) mass is 393 g/mol. The Morgan fingerprint density at radius 3 is 2.82 bits per heavy atom. The molecule has 11 heteroatoms. The number of aromatic nitrogens is 4. The molecule has 0 aliphatic carbocycles. The zero-order valence-electron chi connectivity index (χ0n) is 15.8.